The van der Waals surface area contributed by atoms with Gasteiger partial charge in [0.2, 0.25) is 0 Å². The van der Waals surface area contributed by atoms with Crippen LogP contribution in [-0.2, 0) is 6.54 Å². The number of pyridine rings is 1. The Balaban J connectivity index is 1.32. The van der Waals surface area contributed by atoms with E-state index in [1.165, 1.54) is 16.5 Å². The van der Waals surface area contributed by atoms with Crippen LogP contribution in [0.1, 0.15) is 36.9 Å². The predicted molar refractivity (Wildman–Crippen MR) is 138 cm³/mol. The maximum Gasteiger partial charge on any atom is 0.0727 e. The molecule has 0 bridgehead atoms. The van der Waals surface area contributed by atoms with E-state index in [1.807, 2.05) is 18.2 Å². The van der Waals surface area contributed by atoms with Gasteiger partial charge in [0.1, 0.15) is 0 Å². The maximum absolute atomic E-state index is 6.32. The van der Waals surface area contributed by atoms with Gasteiger partial charge in [0, 0.05) is 34.6 Å². The molecule has 4 aromatic rings. The average molecular weight is 456 g/mol. The first kappa shape index (κ1) is 22.1. The minimum atomic E-state index is 0.227. The summed E-state index contributed by atoms with van der Waals surface area (Å²) in [4.78, 5) is 7.49. The number of fused-ring (bicyclic) bond motifs is 1. The fraction of sp³-hybridized carbons (Fsp3) is 0.276. The van der Waals surface area contributed by atoms with Gasteiger partial charge in [-0.25, -0.2) is 4.98 Å². The van der Waals surface area contributed by atoms with Gasteiger partial charge < -0.3 is 5.32 Å². The molecule has 0 saturated carbocycles. The quantitative estimate of drug-likeness (QED) is 0.343. The Labute approximate surface area is 201 Å². The first-order valence-corrected chi connectivity index (χ1v) is 12.2. The van der Waals surface area contributed by atoms with E-state index in [9.17, 15) is 0 Å². The standard InChI is InChI=1S/C29H30ClN3/c1-21(31-25-14-16-33(17-15-25)20-22-8-4-2-5-9-22)27-19-28(23-10-6-3-7-11-23)32-29-18-24(30)12-13-26(27)29/h2-13,18-19,21,25,31H,14-17,20H2,1H3. The van der Waals surface area contributed by atoms with Crippen LogP contribution in [-0.4, -0.2) is 29.0 Å². The van der Waals surface area contributed by atoms with Crippen molar-refractivity contribution in [3.8, 4) is 11.3 Å². The minimum Gasteiger partial charge on any atom is -0.307 e. The molecule has 168 valence electrons. The molecule has 1 N–H and O–H groups in total. The summed E-state index contributed by atoms with van der Waals surface area (Å²) in [5.74, 6) is 0. The molecule has 1 atom stereocenters. The van der Waals surface area contributed by atoms with E-state index in [4.69, 9.17) is 16.6 Å². The molecule has 4 heteroatoms. The van der Waals surface area contributed by atoms with Crippen LogP contribution in [0.4, 0.5) is 0 Å². The lowest BCUT2D eigenvalue weighted by atomic mass is 9.97. The zero-order valence-electron chi connectivity index (χ0n) is 19.0. The van der Waals surface area contributed by atoms with Crippen molar-refractivity contribution in [2.75, 3.05) is 13.1 Å². The number of hydrogen-bond acceptors (Lipinski definition) is 3. The SMILES string of the molecule is CC(NC1CCN(Cc2ccccc2)CC1)c1cc(-c2ccccc2)nc2cc(Cl)ccc12. The van der Waals surface area contributed by atoms with Crippen molar-refractivity contribution in [3.05, 3.63) is 101 Å². The van der Waals surface area contributed by atoms with Gasteiger partial charge in [-0.3, -0.25) is 4.90 Å². The Hall–Kier alpha value is -2.72. The molecule has 1 fully saturated rings. The van der Waals surface area contributed by atoms with Gasteiger partial charge in [0.05, 0.1) is 11.2 Å². The third-order valence-corrected chi connectivity index (χ3v) is 6.90. The van der Waals surface area contributed by atoms with Gasteiger partial charge in [0.15, 0.2) is 0 Å². The summed E-state index contributed by atoms with van der Waals surface area (Å²) in [6.07, 6.45) is 2.33. The van der Waals surface area contributed by atoms with E-state index in [0.29, 0.717) is 6.04 Å². The highest BCUT2D eigenvalue weighted by atomic mass is 35.5. The second kappa shape index (κ2) is 10.0. The summed E-state index contributed by atoms with van der Waals surface area (Å²) in [5, 5.41) is 5.80. The molecule has 3 aromatic carbocycles. The number of likely N-dealkylation sites (tertiary alicyclic amines) is 1. The Morgan fingerprint density at radius 3 is 2.36 bits per heavy atom. The van der Waals surface area contributed by atoms with E-state index in [0.717, 1.165) is 54.3 Å². The van der Waals surface area contributed by atoms with Gasteiger partial charge in [-0.1, -0.05) is 78.3 Å². The topological polar surface area (TPSA) is 28.2 Å². The van der Waals surface area contributed by atoms with E-state index < -0.39 is 0 Å². The van der Waals surface area contributed by atoms with Crippen LogP contribution in [0.15, 0.2) is 84.9 Å². The van der Waals surface area contributed by atoms with Crippen molar-refractivity contribution >= 4 is 22.5 Å². The zero-order valence-corrected chi connectivity index (χ0v) is 19.8. The molecule has 1 saturated heterocycles. The van der Waals surface area contributed by atoms with E-state index in [1.54, 1.807) is 0 Å². The number of aromatic nitrogens is 1. The number of nitrogens with zero attached hydrogens (tertiary/aromatic N) is 2. The predicted octanol–water partition coefficient (Wildman–Crippen LogP) is 6.87. The summed E-state index contributed by atoms with van der Waals surface area (Å²) in [5.41, 5.74) is 5.74. The van der Waals surface area contributed by atoms with Crippen molar-refractivity contribution < 1.29 is 0 Å². The Morgan fingerprint density at radius 2 is 1.64 bits per heavy atom. The number of halogens is 1. The molecule has 0 radical (unpaired) electrons. The summed E-state index contributed by atoms with van der Waals surface area (Å²) in [6.45, 7) is 5.57. The van der Waals surface area contributed by atoms with Crippen molar-refractivity contribution in [1.29, 1.82) is 0 Å². The van der Waals surface area contributed by atoms with E-state index in [-0.39, 0.29) is 6.04 Å². The highest BCUT2D eigenvalue weighted by Crippen LogP contribution is 2.31. The summed E-state index contributed by atoms with van der Waals surface area (Å²) in [7, 11) is 0. The van der Waals surface area contributed by atoms with Crippen LogP contribution < -0.4 is 5.32 Å². The first-order chi connectivity index (χ1) is 16.2. The fourth-order valence-corrected chi connectivity index (χ4v) is 5.05. The van der Waals surface area contributed by atoms with Crippen molar-refractivity contribution in [1.82, 2.24) is 15.2 Å². The van der Waals surface area contributed by atoms with Gasteiger partial charge in [-0.05, 0) is 62.2 Å². The second-order valence-electron chi connectivity index (χ2n) is 9.05. The van der Waals surface area contributed by atoms with Crippen LogP contribution >= 0.6 is 11.6 Å². The first-order valence-electron chi connectivity index (χ1n) is 11.8. The summed E-state index contributed by atoms with van der Waals surface area (Å²) in [6, 6.07) is 30.2. The number of benzene rings is 3. The summed E-state index contributed by atoms with van der Waals surface area (Å²) >= 11 is 6.32. The molecular weight excluding hydrogens is 426 g/mol. The second-order valence-corrected chi connectivity index (χ2v) is 9.49. The minimum absolute atomic E-state index is 0.227. The van der Waals surface area contributed by atoms with Crippen LogP contribution in [0.5, 0.6) is 0 Å². The lowest BCUT2D eigenvalue weighted by molar-refractivity contribution is 0.185. The van der Waals surface area contributed by atoms with E-state index in [2.05, 4.69) is 83.9 Å². The molecule has 0 aliphatic carbocycles. The van der Waals surface area contributed by atoms with Crippen molar-refractivity contribution in [2.45, 2.75) is 38.4 Å². The van der Waals surface area contributed by atoms with Crippen LogP contribution in [0, 0.1) is 0 Å². The van der Waals surface area contributed by atoms with Gasteiger partial charge in [-0.15, -0.1) is 0 Å². The highest BCUT2D eigenvalue weighted by Gasteiger charge is 2.22. The summed E-state index contributed by atoms with van der Waals surface area (Å²) < 4.78 is 0. The molecular formula is C29H30ClN3. The number of rotatable bonds is 6. The normalized spacial score (nSPS) is 16.2. The van der Waals surface area contributed by atoms with Gasteiger partial charge >= 0.3 is 0 Å². The molecule has 1 aliphatic rings. The largest absolute Gasteiger partial charge is 0.307 e. The fourth-order valence-electron chi connectivity index (χ4n) is 4.89. The molecule has 3 nitrogen and oxygen atoms in total. The zero-order chi connectivity index (χ0) is 22.6. The third-order valence-electron chi connectivity index (χ3n) is 6.66. The molecule has 1 unspecified atom stereocenters. The maximum atomic E-state index is 6.32. The van der Waals surface area contributed by atoms with Crippen LogP contribution in [0.3, 0.4) is 0 Å². The molecule has 2 heterocycles. The molecule has 1 aromatic heterocycles. The molecule has 0 spiro atoms. The number of nitrogens with one attached hydrogen (secondary N) is 1. The Kier molecular flexibility index (Phi) is 6.73. The van der Waals surface area contributed by atoms with E-state index >= 15 is 0 Å². The molecule has 1 aliphatic heterocycles. The molecule has 0 amide bonds. The van der Waals surface area contributed by atoms with Gasteiger partial charge in [0.25, 0.3) is 0 Å². The lowest BCUT2D eigenvalue weighted by Crippen LogP contribution is -2.43. The van der Waals surface area contributed by atoms with Crippen LogP contribution in [0.2, 0.25) is 5.02 Å². The lowest BCUT2D eigenvalue weighted by Gasteiger charge is -2.34. The van der Waals surface area contributed by atoms with Crippen LogP contribution in [0.25, 0.3) is 22.2 Å². The molecule has 5 rings (SSSR count). The Morgan fingerprint density at radius 1 is 0.939 bits per heavy atom. The third kappa shape index (κ3) is 5.27. The highest BCUT2D eigenvalue weighted by molar-refractivity contribution is 6.31. The molecule has 33 heavy (non-hydrogen) atoms. The smallest absolute Gasteiger partial charge is 0.0727 e. The van der Waals surface area contributed by atoms with Gasteiger partial charge in [-0.2, -0.15) is 0 Å². The van der Waals surface area contributed by atoms with Crippen molar-refractivity contribution in [2.24, 2.45) is 0 Å². The number of hydrogen-bond donors (Lipinski definition) is 1. The number of piperidine rings is 1. The Bertz CT molecular complexity index is 1200. The average Bonchev–Trinajstić information content (AvgIpc) is 2.85. The van der Waals surface area contributed by atoms with Crippen molar-refractivity contribution in [3.63, 3.8) is 0 Å². The monoisotopic (exact) mass is 455 g/mol.